The molecule has 0 fully saturated rings. The first-order valence-electron chi connectivity index (χ1n) is 6.93. The SMILES string of the molecule is Fc1cccc2c1SCCC2Nc1cccc2cn[nH]c12. The molecule has 0 aliphatic carbocycles. The van der Waals surface area contributed by atoms with Gasteiger partial charge in [-0.05, 0) is 24.1 Å². The van der Waals surface area contributed by atoms with Crippen LogP contribution in [0.15, 0.2) is 47.5 Å². The number of nitrogens with one attached hydrogen (secondary N) is 2. The number of aromatic nitrogens is 2. The number of rotatable bonds is 2. The average Bonchev–Trinajstić information content (AvgIpc) is 2.98. The summed E-state index contributed by atoms with van der Waals surface area (Å²) in [7, 11) is 0. The zero-order chi connectivity index (χ0) is 14.2. The molecule has 21 heavy (non-hydrogen) atoms. The maximum absolute atomic E-state index is 13.9. The van der Waals surface area contributed by atoms with Crippen molar-refractivity contribution in [1.82, 2.24) is 10.2 Å². The summed E-state index contributed by atoms with van der Waals surface area (Å²) in [5.41, 5.74) is 3.05. The van der Waals surface area contributed by atoms with Crippen molar-refractivity contribution in [2.24, 2.45) is 0 Å². The highest BCUT2D eigenvalue weighted by Crippen LogP contribution is 2.39. The quantitative estimate of drug-likeness (QED) is 0.739. The molecule has 2 aromatic carbocycles. The highest BCUT2D eigenvalue weighted by molar-refractivity contribution is 7.99. The van der Waals surface area contributed by atoms with Crippen LogP contribution in [0.1, 0.15) is 18.0 Å². The summed E-state index contributed by atoms with van der Waals surface area (Å²) >= 11 is 1.60. The summed E-state index contributed by atoms with van der Waals surface area (Å²) in [6.07, 6.45) is 2.79. The number of hydrogen-bond acceptors (Lipinski definition) is 3. The molecule has 0 bridgehead atoms. The van der Waals surface area contributed by atoms with Gasteiger partial charge in [0.25, 0.3) is 0 Å². The molecule has 1 unspecified atom stereocenters. The summed E-state index contributed by atoms with van der Waals surface area (Å²) in [4.78, 5) is 0.776. The number of halogens is 1. The second-order valence-corrected chi connectivity index (χ2v) is 6.24. The third-order valence-corrected chi connectivity index (χ3v) is 4.99. The molecule has 0 spiro atoms. The zero-order valence-electron chi connectivity index (χ0n) is 11.3. The van der Waals surface area contributed by atoms with Crippen molar-refractivity contribution in [1.29, 1.82) is 0 Å². The summed E-state index contributed by atoms with van der Waals surface area (Å²) < 4.78 is 13.9. The Morgan fingerprint density at radius 1 is 1.24 bits per heavy atom. The van der Waals surface area contributed by atoms with Gasteiger partial charge in [-0.1, -0.05) is 24.3 Å². The van der Waals surface area contributed by atoms with Gasteiger partial charge in [0.1, 0.15) is 5.82 Å². The Bertz CT molecular complexity index is 799. The van der Waals surface area contributed by atoms with Crippen molar-refractivity contribution in [3.63, 3.8) is 0 Å². The number of benzene rings is 2. The summed E-state index contributed by atoms with van der Waals surface area (Å²) in [6.45, 7) is 0. The van der Waals surface area contributed by atoms with Crippen LogP contribution in [-0.2, 0) is 0 Å². The minimum atomic E-state index is -0.122. The molecule has 1 aliphatic heterocycles. The number of fused-ring (bicyclic) bond motifs is 2. The fourth-order valence-electron chi connectivity index (χ4n) is 2.81. The molecule has 1 aromatic heterocycles. The van der Waals surface area contributed by atoms with E-state index >= 15 is 0 Å². The molecule has 106 valence electrons. The zero-order valence-corrected chi connectivity index (χ0v) is 12.1. The molecule has 0 radical (unpaired) electrons. The molecular formula is C16H14FN3S. The lowest BCUT2D eigenvalue weighted by Gasteiger charge is -2.27. The van der Waals surface area contributed by atoms with E-state index in [1.165, 1.54) is 6.07 Å². The third-order valence-electron chi connectivity index (χ3n) is 3.83. The van der Waals surface area contributed by atoms with Crippen molar-refractivity contribution >= 4 is 28.4 Å². The lowest BCUT2D eigenvalue weighted by molar-refractivity contribution is 0.585. The fraction of sp³-hybridized carbons (Fsp3) is 0.188. The van der Waals surface area contributed by atoms with Gasteiger partial charge in [-0.2, -0.15) is 5.10 Å². The van der Waals surface area contributed by atoms with Crippen molar-refractivity contribution in [2.75, 3.05) is 11.1 Å². The third kappa shape index (κ3) is 2.17. The molecule has 2 N–H and O–H groups in total. The van der Waals surface area contributed by atoms with Gasteiger partial charge < -0.3 is 5.32 Å². The van der Waals surface area contributed by atoms with Gasteiger partial charge in [-0.3, -0.25) is 5.10 Å². The minimum Gasteiger partial charge on any atom is -0.376 e. The summed E-state index contributed by atoms with van der Waals surface area (Å²) in [6, 6.07) is 11.5. The van der Waals surface area contributed by atoms with E-state index in [0.29, 0.717) is 0 Å². The lowest BCUT2D eigenvalue weighted by Crippen LogP contribution is -2.17. The van der Waals surface area contributed by atoms with Crippen LogP contribution in [-0.4, -0.2) is 16.0 Å². The van der Waals surface area contributed by atoms with E-state index in [1.54, 1.807) is 17.8 Å². The Morgan fingerprint density at radius 3 is 3.10 bits per heavy atom. The molecule has 0 saturated heterocycles. The van der Waals surface area contributed by atoms with Crippen LogP contribution < -0.4 is 5.32 Å². The van der Waals surface area contributed by atoms with Crippen LogP contribution in [0.3, 0.4) is 0 Å². The van der Waals surface area contributed by atoms with Crippen LogP contribution in [0.5, 0.6) is 0 Å². The molecule has 2 heterocycles. The second-order valence-electron chi connectivity index (χ2n) is 5.13. The number of hydrogen-bond donors (Lipinski definition) is 2. The van der Waals surface area contributed by atoms with Crippen molar-refractivity contribution in [2.45, 2.75) is 17.4 Å². The van der Waals surface area contributed by atoms with E-state index in [2.05, 4.69) is 15.5 Å². The number of anilines is 1. The van der Waals surface area contributed by atoms with Crippen molar-refractivity contribution < 1.29 is 4.39 Å². The molecule has 1 aliphatic rings. The Hall–Kier alpha value is -2.01. The monoisotopic (exact) mass is 299 g/mol. The first-order chi connectivity index (χ1) is 10.3. The average molecular weight is 299 g/mol. The van der Waals surface area contributed by atoms with Crippen molar-refractivity contribution in [3.8, 4) is 0 Å². The van der Waals surface area contributed by atoms with Gasteiger partial charge in [0.2, 0.25) is 0 Å². The maximum Gasteiger partial charge on any atom is 0.137 e. The van der Waals surface area contributed by atoms with E-state index in [0.717, 1.165) is 39.2 Å². The van der Waals surface area contributed by atoms with Crippen LogP contribution in [0.2, 0.25) is 0 Å². The van der Waals surface area contributed by atoms with E-state index in [9.17, 15) is 4.39 Å². The van der Waals surface area contributed by atoms with Gasteiger partial charge in [0.05, 0.1) is 23.4 Å². The molecule has 3 aromatic rings. The first kappa shape index (κ1) is 12.7. The predicted octanol–water partition coefficient (Wildman–Crippen LogP) is 4.35. The minimum absolute atomic E-state index is 0.122. The number of H-pyrrole nitrogens is 1. The lowest BCUT2D eigenvalue weighted by atomic mass is 10.0. The first-order valence-corrected chi connectivity index (χ1v) is 7.91. The fourth-order valence-corrected chi connectivity index (χ4v) is 3.95. The Kier molecular flexibility index (Phi) is 3.07. The number of thioether (sulfide) groups is 1. The normalized spacial score (nSPS) is 17.7. The van der Waals surface area contributed by atoms with Gasteiger partial charge in [0.15, 0.2) is 0 Å². The summed E-state index contributed by atoms with van der Waals surface area (Å²) in [5, 5.41) is 11.7. The molecule has 3 nitrogen and oxygen atoms in total. The second kappa shape index (κ2) is 5.07. The Morgan fingerprint density at radius 2 is 2.14 bits per heavy atom. The summed E-state index contributed by atoms with van der Waals surface area (Å²) in [5.74, 6) is 0.800. The highest BCUT2D eigenvalue weighted by Gasteiger charge is 2.23. The predicted molar refractivity (Wildman–Crippen MR) is 84.2 cm³/mol. The van der Waals surface area contributed by atoms with Crippen LogP contribution >= 0.6 is 11.8 Å². The standard InChI is InChI=1S/C16H14FN3S/c17-12-5-2-4-11-13(7-8-21-16(11)12)19-14-6-1-3-10-9-18-20-15(10)14/h1-6,9,13,19H,7-8H2,(H,18,20). The van der Waals surface area contributed by atoms with E-state index in [-0.39, 0.29) is 11.9 Å². The smallest absolute Gasteiger partial charge is 0.137 e. The van der Waals surface area contributed by atoms with Gasteiger partial charge in [-0.25, -0.2) is 4.39 Å². The van der Waals surface area contributed by atoms with Crippen LogP contribution in [0.25, 0.3) is 10.9 Å². The van der Waals surface area contributed by atoms with Crippen LogP contribution in [0, 0.1) is 5.82 Å². The Labute approximate surface area is 125 Å². The molecular weight excluding hydrogens is 285 g/mol. The van der Waals surface area contributed by atoms with Gasteiger partial charge in [0, 0.05) is 16.0 Å². The highest BCUT2D eigenvalue weighted by atomic mass is 32.2. The maximum atomic E-state index is 13.9. The van der Waals surface area contributed by atoms with E-state index < -0.39 is 0 Å². The molecule has 0 amide bonds. The number of aromatic amines is 1. The van der Waals surface area contributed by atoms with Crippen LogP contribution in [0.4, 0.5) is 10.1 Å². The number of para-hydroxylation sites is 1. The molecule has 4 rings (SSSR count). The van der Waals surface area contributed by atoms with Crippen molar-refractivity contribution in [3.05, 3.63) is 54.0 Å². The van der Waals surface area contributed by atoms with E-state index in [4.69, 9.17) is 0 Å². The molecule has 1 atom stereocenters. The largest absolute Gasteiger partial charge is 0.376 e. The Balaban J connectivity index is 1.73. The van der Waals surface area contributed by atoms with Gasteiger partial charge >= 0.3 is 0 Å². The molecule has 0 saturated carbocycles. The topological polar surface area (TPSA) is 40.7 Å². The molecule has 5 heteroatoms. The number of nitrogens with zero attached hydrogens (tertiary/aromatic N) is 1. The van der Waals surface area contributed by atoms with E-state index in [1.807, 2.05) is 30.5 Å². The van der Waals surface area contributed by atoms with Gasteiger partial charge in [-0.15, -0.1) is 11.8 Å².